The molecule has 9 heteroatoms. The van der Waals surface area contributed by atoms with Crippen molar-refractivity contribution in [3.63, 3.8) is 0 Å². The first kappa shape index (κ1) is 26.3. The van der Waals surface area contributed by atoms with Gasteiger partial charge in [-0.2, -0.15) is 0 Å². The van der Waals surface area contributed by atoms with Crippen LogP contribution in [0.5, 0.6) is 0 Å². The Bertz CT molecular complexity index is 1040. The maximum absolute atomic E-state index is 12.0. The lowest BCUT2D eigenvalue weighted by atomic mass is 10.2. The van der Waals surface area contributed by atoms with E-state index in [4.69, 9.17) is 4.42 Å². The van der Waals surface area contributed by atoms with Crippen LogP contribution in [-0.4, -0.2) is 48.9 Å². The molecule has 0 fully saturated rings. The number of hydrogen-bond donors (Lipinski definition) is 3. The van der Waals surface area contributed by atoms with Crippen molar-refractivity contribution in [2.45, 2.75) is 20.0 Å². The molecule has 0 aliphatic rings. The summed E-state index contributed by atoms with van der Waals surface area (Å²) < 4.78 is 5.59. The van der Waals surface area contributed by atoms with Crippen molar-refractivity contribution in [1.82, 2.24) is 20.5 Å². The second kappa shape index (κ2) is 13.6. The summed E-state index contributed by atoms with van der Waals surface area (Å²) in [6.45, 7) is 4.05. The molecule has 3 rings (SSSR count). The fraction of sp³-hybridized carbons (Fsp3) is 0.292. The van der Waals surface area contributed by atoms with Gasteiger partial charge in [0.15, 0.2) is 5.96 Å². The third-order valence-corrected chi connectivity index (χ3v) is 4.44. The summed E-state index contributed by atoms with van der Waals surface area (Å²) in [5.41, 5.74) is 3.49. The van der Waals surface area contributed by atoms with E-state index in [1.165, 1.54) is 0 Å². The van der Waals surface area contributed by atoms with Gasteiger partial charge >= 0.3 is 0 Å². The van der Waals surface area contributed by atoms with Crippen LogP contribution in [0.1, 0.15) is 18.2 Å². The number of aliphatic imine (C=N–C) groups is 1. The molecule has 1 heterocycles. The number of aromatic nitrogens is 1. The van der Waals surface area contributed by atoms with Crippen LogP contribution in [0.15, 0.2) is 70.3 Å². The number of halogens is 1. The average Bonchev–Trinajstić information content (AvgIpc) is 3.25. The Morgan fingerprint density at radius 1 is 1.09 bits per heavy atom. The fourth-order valence-corrected chi connectivity index (χ4v) is 3.02. The number of guanidine groups is 1. The first-order chi connectivity index (χ1) is 15.5. The van der Waals surface area contributed by atoms with Gasteiger partial charge < -0.3 is 25.3 Å². The molecule has 3 aromatic rings. The summed E-state index contributed by atoms with van der Waals surface area (Å²) in [5, 5.41) is 9.43. The Balaban J connectivity index is 0.00000385. The SMILES string of the molecule is CCNC(=NCc1cccc(NC(=O)CN(C)C)c1)NCc1coc(-c2ccccc2)n1.I. The van der Waals surface area contributed by atoms with Crippen molar-refractivity contribution >= 4 is 41.5 Å². The molecule has 0 aliphatic carbocycles. The molecule has 1 aromatic heterocycles. The number of benzene rings is 2. The summed E-state index contributed by atoms with van der Waals surface area (Å²) in [6, 6.07) is 17.5. The van der Waals surface area contributed by atoms with Crippen LogP contribution in [0.3, 0.4) is 0 Å². The van der Waals surface area contributed by atoms with Crippen LogP contribution in [0.25, 0.3) is 11.5 Å². The largest absolute Gasteiger partial charge is 0.444 e. The number of amides is 1. The zero-order valence-electron chi connectivity index (χ0n) is 19.2. The van der Waals surface area contributed by atoms with Gasteiger partial charge in [0, 0.05) is 17.8 Å². The number of carbonyl (C=O) groups is 1. The van der Waals surface area contributed by atoms with Crippen molar-refractivity contribution in [2.75, 3.05) is 32.5 Å². The number of nitrogens with one attached hydrogen (secondary N) is 3. The molecule has 0 radical (unpaired) electrons. The predicted molar refractivity (Wildman–Crippen MR) is 143 cm³/mol. The maximum Gasteiger partial charge on any atom is 0.238 e. The fourth-order valence-electron chi connectivity index (χ4n) is 3.02. The molecular formula is C24H31IN6O2. The molecule has 33 heavy (non-hydrogen) atoms. The molecule has 8 nitrogen and oxygen atoms in total. The Labute approximate surface area is 211 Å². The van der Waals surface area contributed by atoms with Gasteiger partial charge in [-0.05, 0) is 50.8 Å². The molecule has 0 bridgehead atoms. The van der Waals surface area contributed by atoms with Gasteiger partial charge in [-0.3, -0.25) is 4.79 Å². The third kappa shape index (κ3) is 8.85. The first-order valence-electron chi connectivity index (χ1n) is 10.6. The van der Waals surface area contributed by atoms with E-state index in [9.17, 15) is 4.79 Å². The van der Waals surface area contributed by atoms with Crippen LogP contribution in [0, 0.1) is 0 Å². The van der Waals surface area contributed by atoms with Crippen molar-refractivity contribution in [3.8, 4) is 11.5 Å². The topological polar surface area (TPSA) is 94.8 Å². The van der Waals surface area contributed by atoms with E-state index >= 15 is 0 Å². The van der Waals surface area contributed by atoms with Crippen LogP contribution in [0.4, 0.5) is 5.69 Å². The van der Waals surface area contributed by atoms with Gasteiger partial charge in [0.2, 0.25) is 11.8 Å². The normalized spacial score (nSPS) is 11.1. The van der Waals surface area contributed by atoms with E-state index in [-0.39, 0.29) is 29.9 Å². The van der Waals surface area contributed by atoms with Crippen molar-refractivity contribution in [2.24, 2.45) is 4.99 Å². The molecule has 176 valence electrons. The number of oxazole rings is 1. The van der Waals surface area contributed by atoms with Crippen molar-refractivity contribution in [1.29, 1.82) is 0 Å². The van der Waals surface area contributed by atoms with Gasteiger partial charge in [0.1, 0.15) is 6.26 Å². The van der Waals surface area contributed by atoms with E-state index in [1.54, 1.807) is 6.26 Å². The monoisotopic (exact) mass is 562 g/mol. The zero-order chi connectivity index (χ0) is 22.8. The van der Waals surface area contributed by atoms with Crippen LogP contribution < -0.4 is 16.0 Å². The van der Waals surface area contributed by atoms with E-state index in [0.717, 1.165) is 29.1 Å². The second-order valence-electron chi connectivity index (χ2n) is 7.55. The molecule has 3 N–H and O–H groups in total. The summed E-state index contributed by atoms with van der Waals surface area (Å²) in [4.78, 5) is 23.0. The number of rotatable bonds is 9. The molecular weight excluding hydrogens is 531 g/mol. The van der Waals surface area contributed by atoms with Gasteiger partial charge in [0.25, 0.3) is 0 Å². The minimum Gasteiger partial charge on any atom is -0.444 e. The third-order valence-electron chi connectivity index (χ3n) is 4.44. The highest BCUT2D eigenvalue weighted by Gasteiger charge is 2.08. The highest BCUT2D eigenvalue weighted by Crippen LogP contribution is 2.17. The van der Waals surface area contributed by atoms with Gasteiger partial charge in [-0.25, -0.2) is 9.98 Å². The Morgan fingerprint density at radius 2 is 1.88 bits per heavy atom. The predicted octanol–water partition coefficient (Wildman–Crippen LogP) is 3.72. The highest BCUT2D eigenvalue weighted by atomic mass is 127. The summed E-state index contributed by atoms with van der Waals surface area (Å²) in [6.07, 6.45) is 1.65. The maximum atomic E-state index is 12.0. The second-order valence-corrected chi connectivity index (χ2v) is 7.55. The van der Waals surface area contributed by atoms with Crippen molar-refractivity contribution in [3.05, 3.63) is 72.1 Å². The number of nitrogens with zero attached hydrogens (tertiary/aromatic N) is 3. The lowest BCUT2D eigenvalue weighted by molar-refractivity contribution is -0.116. The molecule has 0 unspecified atom stereocenters. The summed E-state index contributed by atoms with van der Waals surface area (Å²) >= 11 is 0. The number of carbonyl (C=O) groups excluding carboxylic acids is 1. The van der Waals surface area contributed by atoms with E-state index in [1.807, 2.05) is 80.5 Å². The van der Waals surface area contributed by atoms with Crippen molar-refractivity contribution < 1.29 is 9.21 Å². The molecule has 0 saturated carbocycles. The minimum absolute atomic E-state index is 0. The van der Waals surface area contributed by atoms with Crippen LogP contribution in [0.2, 0.25) is 0 Å². The number of likely N-dealkylation sites (N-methyl/N-ethyl adjacent to an activating group) is 1. The summed E-state index contributed by atoms with van der Waals surface area (Å²) in [5.74, 6) is 1.23. The van der Waals surface area contributed by atoms with Gasteiger partial charge in [-0.1, -0.05) is 30.3 Å². The van der Waals surface area contributed by atoms with E-state index < -0.39 is 0 Å². The summed E-state index contributed by atoms with van der Waals surface area (Å²) in [7, 11) is 3.73. The molecule has 2 aromatic carbocycles. The minimum atomic E-state index is -0.0480. The van der Waals surface area contributed by atoms with Gasteiger partial charge in [0.05, 0.1) is 25.3 Å². The highest BCUT2D eigenvalue weighted by molar-refractivity contribution is 14.0. The number of anilines is 1. The average molecular weight is 562 g/mol. The van der Waals surface area contributed by atoms with Crippen LogP contribution in [-0.2, 0) is 17.9 Å². The first-order valence-corrected chi connectivity index (χ1v) is 10.6. The lowest BCUT2D eigenvalue weighted by Gasteiger charge is -2.12. The smallest absolute Gasteiger partial charge is 0.238 e. The zero-order valence-corrected chi connectivity index (χ0v) is 21.5. The molecule has 0 aliphatic heterocycles. The number of hydrogen-bond acceptors (Lipinski definition) is 5. The molecule has 1 amide bonds. The Morgan fingerprint density at radius 3 is 2.61 bits per heavy atom. The Hall–Kier alpha value is -2.92. The van der Waals surface area contributed by atoms with E-state index in [0.29, 0.717) is 31.5 Å². The Kier molecular flexibility index (Phi) is 10.8. The lowest BCUT2D eigenvalue weighted by Crippen LogP contribution is -2.36. The van der Waals surface area contributed by atoms with Crippen LogP contribution >= 0.6 is 24.0 Å². The molecule has 0 spiro atoms. The van der Waals surface area contributed by atoms with Gasteiger partial charge in [-0.15, -0.1) is 24.0 Å². The molecule has 0 atom stereocenters. The van der Waals surface area contributed by atoms with E-state index in [2.05, 4.69) is 25.9 Å². The quantitative estimate of drug-likeness (QED) is 0.209. The molecule has 0 saturated heterocycles. The standard InChI is InChI=1S/C24H30N6O2.HI/c1-4-25-24(27-15-21-17-32-23(29-21)19-10-6-5-7-11-19)26-14-18-9-8-12-20(13-18)28-22(31)16-30(2)3;/h5-13,17H,4,14-16H2,1-3H3,(H,28,31)(H2,25,26,27);1H.